The molecule has 2 atom stereocenters. The number of aromatic nitrogens is 4. The molecule has 0 aliphatic heterocycles. The summed E-state index contributed by atoms with van der Waals surface area (Å²) >= 11 is 5.94. The van der Waals surface area contributed by atoms with E-state index in [1.54, 1.807) is 6.92 Å². The normalized spacial score (nSPS) is 19.2. The molecule has 14 heteroatoms. The van der Waals surface area contributed by atoms with E-state index in [4.69, 9.17) is 21.1 Å². The Morgan fingerprint density at radius 3 is 2.33 bits per heavy atom. The smallest absolute Gasteiger partial charge is 0.413 e. The predicted octanol–water partition coefficient (Wildman–Crippen LogP) is 5.27. The van der Waals surface area contributed by atoms with E-state index >= 15 is 0 Å². The Morgan fingerprint density at radius 1 is 1.12 bits per heavy atom. The number of fused-ring (bicyclic) bond motifs is 1. The summed E-state index contributed by atoms with van der Waals surface area (Å²) in [6, 6.07) is 3.51. The monoisotopic (exact) mass is 582 g/mol. The molecule has 1 aliphatic rings. The van der Waals surface area contributed by atoms with Gasteiger partial charge in [-0.3, -0.25) is 9.59 Å². The van der Waals surface area contributed by atoms with Gasteiger partial charge in [-0.2, -0.15) is 22.7 Å². The van der Waals surface area contributed by atoms with Crippen molar-refractivity contribution in [1.82, 2.24) is 24.5 Å². The molecule has 2 aromatic heterocycles. The summed E-state index contributed by atoms with van der Waals surface area (Å²) in [5.41, 5.74) is 1.46. The van der Waals surface area contributed by atoms with Crippen molar-refractivity contribution in [3.63, 3.8) is 0 Å². The van der Waals surface area contributed by atoms with Crippen LogP contribution in [0, 0.1) is 11.8 Å². The molecule has 0 spiro atoms. The van der Waals surface area contributed by atoms with Crippen LogP contribution >= 0.6 is 11.6 Å². The van der Waals surface area contributed by atoms with Crippen LogP contribution in [0.3, 0.4) is 0 Å². The number of carbonyl (C=O) groups excluding carboxylic acids is 2. The first-order valence-corrected chi connectivity index (χ1v) is 13.0. The highest BCUT2D eigenvalue weighted by Crippen LogP contribution is 2.40. The molecule has 10 nitrogen and oxygen atoms in total. The van der Waals surface area contributed by atoms with E-state index in [1.807, 2.05) is 0 Å². The first-order valence-electron chi connectivity index (χ1n) is 12.7. The number of amides is 1. The Hall–Kier alpha value is -3.45. The standard InChI is InChI=1S/C26H30ClF3N6O4/c1-14(39-3)20-19(13-31-25-33-24(27)34-36(20)25)32-18-11-9-15(10-12-18)21(26(28,29)30)35(2)22(37)16-5-7-17(8-6-16)23(38)40-4/h9-14,16-17,21,32H,5-8H2,1-4H3/t14-,16?,17?,21-/m0/s1. The molecule has 4 rings (SSSR count). The van der Waals surface area contributed by atoms with Gasteiger partial charge < -0.3 is 19.7 Å². The van der Waals surface area contributed by atoms with Gasteiger partial charge in [0.1, 0.15) is 0 Å². The summed E-state index contributed by atoms with van der Waals surface area (Å²) in [6.07, 6.45) is -2.17. The number of esters is 1. The lowest BCUT2D eigenvalue weighted by Gasteiger charge is -2.35. The number of benzene rings is 1. The molecule has 40 heavy (non-hydrogen) atoms. The summed E-state index contributed by atoms with van der Waals surface area (Å²) in [5.74, 6) is -1.61. The first kappa shape index (κ1) is 29.5. The maximum atomic E-state index is 14.3. The molecule has 0 radical (unpaired) electrons. The van der Waals surface area contributed by atoms with Crippen molar-refractivity contribution in [2.75, 3.05) is 26.6 Å². The number of rotatable bonds is 8. The maximum absolute atomic E-state index is 14.3. The third-order valence-corrected chi connectivity index (χ3v) is 7.44. The second kappa shape index (κ2) is 12.0. The van der Waals surface area contributed by atoms with E-state index in [0.717, 1.165) is 4.90 Å². The SMILES string of the molecule is COC(=O)C1CCC(C(=O)N(C)[C@@H](c2ccc(Nc3cnc4nc(Cl)nn4c3[C@H](C)OC)cc2)C(F)(F)F)CC1. The van der Waals surface area contributed by atoms with E-state index in [1.165, 1.54) is 56.2 Å². The fourth-order valence-electron chi connectivity index (χ4n) is 5.12. The molecule has 3 aromatic rings. The van der Waals surface area contributed by atoms with Crippen molar-refractivity contribution in [2.24, 2.45) is 11.8 Å². The van der Waals surface area contributed by atoms with Crippen LogP contribution in [0.25, 0.3) is 5.78 Å². The summed E-state index contributed by atoms with van der Waals surface area (Å²) in [7, 11) is 3.99. The Morgan fingerprint density at radius 2 is 1.75 bits per heavy atom. The molecule has 0 unspecified atom stereocenters. The van der Waals surface area contributed by atoms with Crippen LogP contribution in [-0.2, 0) is 19.1 Å². The number of hydrogen-bond acceptors (Lipinski definition) is 8. The van der Waals surface area contributed by atoms with Gasteiger partial charge in [0, 0.05) is 25.8 Å². The maximum Gasteiger partial charge on any atom is 0.413 e. The van der Waals surface area contributed by atoms with Gasteiger partial charge >= 0.3 is 12.1 Å². The van der Waals surface area contributed by atoms with Crippen LogP contribution in [-0.4, -0.2) is 63.8 Å². The average molecular weight is 583 g/mol. The van der Waals surface area contributed by atoms with Crippen LogP contribution in [0.1, 0.15) is 56.0 Å². The lowest BCUT2D eigenvalue weighted by atomic mass is 9.81. The molecule has 0 bridgehead atoms. The zero-order valence-corrected chi connectivity index (χ0v) is 23.2. The average Bonchev–Trinajstić information content (AvgIpc) is 3.32. The number of alkyl halides is 3. The third kappa shape index (κ3) is 6.15. The van der Waals surface area contributed by atoms with Crippen molar-refractivity contribution in [1.29, 1.82) is 0 Å². The fourth-order valence-corrected chi connectivity index (χ4v) is 5.27. The molecule has 1 aliphatic carbocycles. The summed E-state index contributed by atoms with van der Waals surface area (Å²) in [5, 5.41) is 7.29. The van der Waals surface area contributed by atoms with Gasteiger partial charge in [-0.05, 0) is 61.9 Å². The Balaban J connectivity index is 1.54. The van der Waals surface area contributed by atoms with E-state index in [-0.39, 0.29) is 28.5 Å². The highest BCUT2D eigenvalue weighted by molar-refractivity contribution is 6.28. The Labute approximate surface area is 233 Å². The minimum atomic E-state index is -4.70. The van der Waals surface area contributed by atoms with Gasteiger partial charge in [-0.25, -0.2) is 4.98 Å². The zero-order chi connectivity index (χ0) is 29.2. The van der Waals surface area contributed by atoms with E-state index in [2.05, 4.69) is 20.4 Å². The lowest BCUT2D eigenvalue weighted by Crippen LogP contribution is -2.43. The van der Waals surface area contributed by atoms with Gasteiger partial charge in [0.15, 0.2) is 6.04 Å². The molecular formula is C26H30ClF3N6O4. The Kier molecular flexibility index (Phi) is 8.83. The van der Waals surface area contributed by atoms with Crippen LogP contribution in [0.4, 0.5) is 24.5 Å². The highest BCUT2D eigenvalue weighted by atomic mass is 35.5. The van der Waals surface area contributed by atoms with E-state index in [0.29, 0.717) is 42.8 Å². The molecule has 0 saturated heterocycles. The molecule has 216 valence electrons. The summed E-state index contributed by atoms with van der Waals surface area (Å²) in [6.45, 7) is 1.79. The number of nitrogens with zero attached hydrogens (tertiary/aromatic N) is 5. The second-order valence-corrected chi connectivity index (χ2v) is 10.1. The van der Waals surface area contributed by atoms with Crippen LogP contribution < -0.4 is 5.32 Å². The summed E-state index contributed by atoms with van der Waals surface area (Å²) in [4.78, 5) is 33.9. The molecule has 1 N–H and O–H groups in total. The largest absolute Gasteiger partial charge is 0.469 e. The predicted molar refractivity (Wildman–Crippen MR) is 140 cm³/mol. The topological polar surface area (TPSA) is 111 Å². The number of halogens is 4. The Bertz CT molecular complexity index is 1360. The van der Waals surface area contributed by atoms with Gasteiger partial charge in [-0.15, -0.1) is 5.10 Å². The first-order chi connectivity index (χ1) is 18.9. The van der Waals surface area contributed by atoms with Crippen molar-refractivity contribution >= 4 is 40.6 Å². The van der Waals surface area contributed by atoms with Crippen molar-refractivity contribution in [3.05, 3.63) is 47.0 Å². The lowest BCUT2D eigenvalue weighted by molar-refractivity contribution is -0.191. The van der Waals surface area contributed by atoms with Gasteiger partial charge in [0.2, 0.25) is 11.2 Å². The van der Waals surface area contributed by atoms with Gasteiger partial charge in [-0.1, -0.05) is 12.1 Å². The second-order valence-electron chi connectivity index (χ2n) is 9.74. The van der Waals surface area contributed by atoms with Crippen LogP contribution in [0.2, 0.25) is 5.28 Å². The molecule has 2 heterocycles. The third-order valence-electron chi connectivity index (χ3n) is 7.28. The molecule has 1 aromatic carbocycles. The highest BCUT2D eigenvalue weighted by Gasteiger charge is 2.46. The fraction of sp³-hybridized carbons (Fsp3) is 0.500. The van der Waals surface area contributed by atoms with Gasteiger partial charge in [0.25, 0.3) is 5.78 Å². The van der Waals surface area contributed by atoms with E-state index in [9.17, 15) is 22.8 Å². The van der Waals surface area contributed by atoms with Gasteiger partial charge in [0.05, 0.1) is 36.7 Å². The van der Waals surface area contributed by atoms with Crippen molar-refractivity contribution < 1.29 is 32.2 Å². The number of hydrogen-bond donors (Lipinski definition) is 1. The molecule has 1 amide bonds. The number of nitrogens with one attached hydrogen (secondary N) is 1. The van der Waals surface area contributed by atoms with Crippen molar-refractivity contribution in [3.8, 4) is 0 Å². The van der Waals surface area contributed by atoms with Crippen LogP contribution in [0.5, 0.6) is 0 Å². The minimum absolute atomic E-state index is 0.00641. The zero-order valence-electron chi connectivity index (χ0n) is 22.4. The number of methoxy groups -OCH3 is 2. The molecule has 1 saturated carbocycles. The number of anilines is 2. The van der Waals surface area contributed by atoms with Crippen molar-refractivity contribution in [2.45, 2.75) is 50.9 Å². The minimum Gasteiger partial charge on any atom is -0.469 e. The molecule has 1 fully saturated rings. The quantitative estimate of drug-likeness (QED) is 0.358. The number of carbonyl (C=O) groups is 2. The van der Waals surface area contributed by atoms with E-state index < -0.39 is 30.1 Å². The summed E-state index contributed by atoms with van der Waals surface area (Å²) < 4.78 is 54.4. The molecular weight excluding hydrogens is 553 g/mol. The van der Waals surface area contributed by atoms with Crippen LogP contribution in [0.15, 0.2) is 30.5 Å². The number of ether oxygens (including phenoxy) is 2.